The maximum atomic E-state index is 9.48. The van der Waals surface area contributed by atoms with Gasteiger partial charge in [0.2, 0.25) is 0 Å². The van der Waals surface area contributed by atoms with E-state index in [4.69, 9.17) is 0 Å². The van der Waals surface area contributed by atoms with Crippen molar-refractivity contribution >= 4 is 11.8 Å². The van der Waals surface area contributed by atoms with Gasteiger partial charge < -0.3 is 5.11 Å². The highest BCUT2D eigenvalue weighted by Gasteiger charge is 2.31. The van der Waals surface area contributed by atoms with E-state index in [2.05, 4.69) is 38.7 Å². The summed E-state index contributed by atoms with van der Waals surface area (Å²) in [6, 6.07) is 7.47. The lowest BCUT2D eigenvalue weighted by Crippen LogP contribution is -2.56. The van der Waals surface area contributed by atoms with E-state index in [-0.39, 0.29) is 6.61 Å². The average Bonchev–Trinajstić information content (AvgIpc) is 2.57. The molecule has 0 saturated carbocycles. The standard InChI is InChI=1S/C18H29N3OS/c1-15-3-2-4-16(19-15)13-20-8-9-21(14-18(20)5-10-22)17-6-11-23-12-7-17/h2-4,17-18,22H,5-14H2,1H3/t18-/m0/s1. The molecule has 0 unspecified atom stereocenters. The molecule has 3 heterocycles. The fourth-order valence-electron chi connectivity index (χ4n) is 3.83. The molecule has 3 rings (SSSR count). The van der Waals surface area contributed by atoms with Crippen molar-refractivity contribution in [2.24, 2.45) is 0 Å². The zero-order valence-electron chi connectivity index (χ0n) is 14.2. The van der Waals surface area contributed by atoms with Crippen LogP contribution in [-0.2, 0) is 6.54 Å². The first-order valence-electron chi connectivity index (χ1n) is 8.85. The maximum Gasteiger partial charge on any atom is 0.0547 e. The topological polar surface area (TPSA) is 39.6 Å². The molecule has 0 amide bonds. The van der Waals surface area contributed by atoms with Crippen molar-refractivity contribution in [1.29, 1.82) is 0 Å². The molecule has 2 fully saturated rings. The van der Waals surface area contributed by atoms with Gasteiger partial charge in [-0.05, 0) is 49.8 Å². The molecule has 2 aliphatic rings. The Kier molecular flexibility index (Phi) is 6.34. The van der Waals surface area contributed by atoms with E-state index in [9.17, 15) is 5.11 Å². The van der Waals surface area contributed by atoms with Crippen LogP contribution in [0.4, 0.5) is 0 Å². The van der Waals surface area contributed by atoms with E-state index in [1.807, 2.05) is 13.0 Å². The Balaban J connectivity index is 1.62. The van der Waals surface area contributed by atoms with Crippen LogP contribution in [0, 0.1) is 6.92 Å². The molecule has 23 heavy (non-hydrogen) atoms. The molecule has 0 radical (unpaired) electrons. The summed E-state index contributed by atoms with van der Waals surface area (Å²) < 4.78 is 0. The van der Waals surface area contributed by atoms with Gasteiger partial charge in [-0.1, -0.05) is 6.07 Å². The Morgan fingerprint density at radius 1 is 1.26 bits per heavy atom. The number of aryl methyl sites for hydroxylation is 1. The summed E-state index contributed by atoms with van der Waals surface area (Å²) in [4.78, 5) is 9.85. The van der Waals surface area contributed by atoms with Gasteiger partial charge in [0.1, 0.15) is 0 Å². The molecule has 4 nitrogen and oxygen atoms in total. The molecular formula is C18H29N3OS. The third-order valence-corrected chi connectivity index (χ3v) is 6.17. The summed E-state index contributed by atoms with van der Waals surface area (Å²) in [7, 11) is 0. The van der Waals surface area contributed by atoms with E-state index in [0.717, 1.165) is 50.0 Å². The third kappa shape index (κ3) is 4.69. The number of rotatable bonds is 5. The highest BCUT2D eigenvalue weighted by molar-refractivity contribution is 7.99. The van der Waals surface area contributed by atoms with Gasteiger partial charge in [0.05, 0.1) is 5.69 Å². The van der Waals surface area contributed by atoms with Gasteiger partial charge in [0, 0.05) is 50.6 Å². The van der Waals surface area contributed by atoms with Crippen LogP contribution in [0.25, 0.3) is 0 Å². The molecule has 0 aliphatic carbocycles. The van der Waals surface area contributed by atoms with Crippen molar-refractivity contribution in [2.75, 3.05) is 37.7 Å². The smallest absolute Gasteiger partial charge is 0.0547 e. The Labute approximate surface area is 144 Å². The second kappa shape index (κ2) is 8.47. The lowest BCUT2D eigenvalue weighted by molar-refractivity contribution is 0.0286. The third-order valence-electron chi connectivity index (χ3n) is 5.12. The largest absolute Gasteiger partial charge is 0.396 e. The predicted molar refractivity (Wildman–Crippen MR) is 96.8 cm³/mol. The van der Waals surface area contributed by atoms with E-state index >= 15 is 0 Å². The SMILES string of the molecule is Cc1cccc(CN2CCN(C3CCSCC3)C[C@@H]2CCO)n1. The monoisotopic (exact) mass is 335 g/mol. The van der Waals surface area contributed by atoms with E-state index in [1.54, 1.807) is 0 Å². The minimum absolute atomic E-state index is 0.275. The van der Waals surface area contributed by atoms with Crippen molar-refractivity contribution in [3.8, 4) is 0 Å². The zero-order valence-corrected chi connectivity index (χ0v) is 15.0. The summed E-state index contributed by atoms with van der Waals surface area (Å²) >= 11 is 2.09. The fourth-order valence-corrected chi connectivity index (χ4v) is 4.91. The van der Waals surface area contributed by atoms with Gasteiger partial charge in [-0.25, -0.2) is 0 Å². The lowest BCUT2D eigenvalue weighted by atomic mass is 10.0. The van der Waals surface area contributed by atoms with E-state index < -0.39 is 0 Å². The normalized spacial score (nSPS) is 24.9. The Hall–Kier alpha value is -0.620. The van der Waals surface area contributed by atoms with Crippen molar-refractivity contribution in [3.05, 3.63) is 29.6 Å². The molecule has 0 bridgehead atoms. The molecule has 128 valence electrons. The first-order chi connectivity index (χ1) is 11.3. The van der Waals surface area contributed by atoms with Gasteiger partial charge in [-0.15, -0.1) is 0 Å². The van der Waals surface area contributed by atoms with Crippen LogP contribution >= 0.6 is 11.8 Å². The Bertz CT molecular complexity index is 493. The van der Waals surface area contributed by atoms with Crippen molar-refractivity contribution in [1.82, 2.24) is 14.8 Å². The summed E-state index contributed by atoms with van der Waals surface area (Å²) in [5, 5.41) is 9.48. The molecular weight excluding hydrogens is 306 g/mol. The molecule has 1 N–H and O–H groups in total. The van der Waals surface area contributed by atoms with Crippen LogP contribution in [0.15, 0.2) is 18.2 Å². The summed E-state index contributed by atoms with van der Waals surface area (Å²) in [6.45, 7) is 6.57. The highest BCUT2D eigenvalue weighted by atomic mass is 32.2. The number of piperazine rings is 1. The fraction of sp³-hybridized carbons (Fsp3) is 0.722. The van der Waals surface area contributed by atoms with Crippen molar-refractivity contribution < 1.29 is 5.11 Å². The second-order valence-corrected chi connectivity index (χ2v) is 7.97. The van der Waals surface area contributed by atoms with Crippen molar-refractivity contribution in [2.45, 2.75) is 44.8 Å². The van der Waals surface area contributed by atoms with Gasteiger partial charge in [-0.3, -0.25) is 14.8 Å². The number of pyridine rings is 1. The number of thioether (sulfide) groups is 1. The number of aliphatic hydroxyl groups excluding tert-OH is 1. The molecule has 0 spiro atoms. The Morgan fingerprint density at radius 3 is 2.83 bits per heavy atom. The van der Waals surface area contributed by atoms with E-state index in [0.29, 0.717) is 6.04 Å². The molecule has 1 atom stereocenters. The summed E-state index contributed by atoms with van der Waals surface area (Å²) in [5.74, 6) is 2.62. The van der Waals surface area contributed by atoms with Gasteiger partial charge in [0.15, 0.2) is 0 Å². The minimum atomic E-state index is 0.275. The van der Waals surface area contributed by atoms with Crippen LogP contribution in [0.2, 0.25) is 0 Å². The van der Waals surface area contributed by atoms with Crippen LogP contribution in [0.1, 0.15) is 30.7 Å². The number of aromatic nitrogens is 1. The predicted octanol–water partition coefficient (Wildman–Crippen LogP) is 2.15. The lowest BCUT2D eigenvalue weighted by Gasteiger charge is -2.45. The summed E-state index contributed by atoms with van der Waals surface area (Å²) in [5.41, 5.74) is 2.23. The zero-order chi connectivity index (χ0) is 16.1. The van der Waals surface area contributed by atoms with Gasteiger partial charge >= 0.3 is 0 Å². The minimum Gasteiger partial charge on any atom is -0.396 e. The first-order valence-corrected chi connectivity index (χ1v) is 10.0. The molecule has 2 aliphatic heterocycles. The number of hydrogen-bond donors (Lipinski definition) is 1. The quantitative estimate of drug-likeness (QED) is 0.893. The van der Waals surface area contributed by atoms with Gasteiger partial charge in [0.25, 0.3) is 0 Å². The Morgan fingerprint density at radius 2 is 2.09 bits per heavy atom. The maximum absolute atomic E-state index is 9.48. The molecule has 1 aromatic heterocycles. The second-order valence-electron chi connectivity index (χ2n) is 6.75. The molecule has 2 saturated heterocycles. The molecule has 5 heteroatoms. The number of aliphatic hydroxyl groups is 1. The average molecular weight is 336 g/mol. The van der Waals surface area contributed by atoms with Crippen LogP contribution < -0.4 is 0 Å². The van der Waals surface area contributed by atoms with Crippen LogP contribution in [-0.4, -0.2) is 69.7 Å². The van der Waals surface area contributed by atoms with Crippen LogP contribution in [0.5, 0.6) is 0 Å². The molecule has 0 aromatic carbocycles. The summed E-state index contributed by atoms with van der Waals surface area (Å²) in [6.07, 6.45) is 3.52. The van der Waals surface area contributed by atoms with Crippen LogP contribution in [0.3, 0.4) is 0 Å². The number of nitrogens with zero attached hydrogens (tertiary/aromatic N) is 3. The first kappa shape index (κ1) is 17.2. The van der Waals surface area contributed by atoms with Gasteiger partial charge in [-0.2, -0.15) is 11.8 Å². The highest BCUT2D eigenvalue weighted by Crippen LogP contribution is 2.25. The van der Waals surface area contributed by atoms with Crippen molar-refractivity contribution in [3.63, 3.8) is 0 Å². The number of hydrogen-bond acceptors (Lipinski definition) is 5. The molecule has 1 aromatic rings. The van der Waals surface area contributed by atoms with E-state index in [1.165, 1.54) is 24.3 Å².